The second-order valence-electron chi connectivity index (χ2n) is 6.07. The number of β-amino-alcohol motifs (C(OH)–C–C–N with tert-alkyl or cyclic N) is 1. The van der Waals surface area contributed by atoms with Gasteiger partial charge in [0.25, 0.3) is 0 Å². The summed E-state index contributed by atoms with van der Waals surface area (Å²) in [5.41, 5.74) is 4.12. The molecule has 1 N–H and O–H groups in total. The van der Waals surface area contributed by atoms with E-state index in [9.17, 15) is 9.50 Å². The van der Waals surface area contributed by atoms with E-state index >= 15 is 0 Å². The van der Waals surface area contributed by atoms with Crippen LogP contribution in [0.15, 0.2) is 24.3 Å². The van der Waals surface area contributed by atoms with Crippen molar-refractivity contribution in [3.8, 4) is 5.69 Å². The fourth-order valence-electron chi connectivity index (χ4n) is 3.14. The fraction of sp³-hybridized carbons (Fsp3) is 0.471. The smallest absolute Gasteiger partial charge is 0.123 e. The van der Waals surface area contributed by atoms with Gasteiger partial charge in [0.1, 0.15) is 5.82 Å². The van der Waals surface area contributed by atoms with Gasteiger partial charge in [-0.3, -0.25) is 4.90 Å². The molecule has 0 saturated carbocycles. The third-order valence-corrected chi connectivity index (χ3v) is 4.37. The summed E-state index contributed by atoms with van der Waals surface area (Å²) in [5, 5.41) is 14.4. The molecule has 1 aliphatic heterocycles. The lowest BCUT2D eigenvalue weighted by atomic mass is 10.1. The van der Waals surface area contributed by atoms with Crippen LogP contribution in [0.25, 0.3) is 5.69 Å². The fourth-order valence-corrected chi connectivity index (χ4v) is 3.14. The number of halogens is 1. The molecule has 1 atom stereocenters. The van der Waals surface area contributed by atoms with Crippen molar-refractivity contribution >= 4 is 0 Å². The predicted molar refractivity (Wildman–Crippen MR) is 83.5 cm³/mol. The second kappa shape index (κ2) is 6.18. The molecule has 0 radical (unpaired) electrons. The van der Waals surface area contributed by atoms with Crippen molar-refractivity contribution in [2.75, 3.05) is 13.1 Å². The van der Waals surface area contributed by atoms with Crippen molar-refractivity contribution in [3.63, 3.8) is 0 Å². The number of piperidine rings is 1. The summed E-state index contributed by atoms with van der Waals surface area (Å²) in [6.45, 7) is 6.58. The number of benzene rings is 1. The Balaban J connectivity index is 1.85. The third-order valence-electron chi connectivity index (χ3n) is 4.37. The van der Waals surface area contributed by atoms with Crippen molar-refractivity contribution in [1.82, 2.24) is 14.7 Å². The molecule has 0 spiro atoms. The minimum atomic E-state index is -0.243. The quantitative estimate of drug-likeness (QED) is 0.947. The first kappa shape index (κ1) is 15.2. The van der Waals surface area contributed by atoms with Gasteiger partial charge in [0.2, 0.25) is 0 Å². The second-order valence-corrected chi connectivity index (χ2v) is 6.07. The SMILES string of the molecule is Cc1nn(-c2ccc(F)cc2)c(C)c1CN1CCCC(O)C1. The highest BCUT2D eigenvalue weighted by Gasteiger charge is 2.21. The number of likely N-dealkylation sites (tertiary alicyclic amines) is 1. The van der Waals surface area contributed by atoms with Gasteiger partial charge in [-0.2, -0.15) is 5.10 Å². The minimum absolute atomic E-state index is 0.221. The molecule has 0 bridgehead atoms. The van der Waals surface area contributed by atoms with Crippen LogP contribution >= 0.6 is 0 Å². The van der Waals surface area contributed by atoms with Crippen molar-refractivity contribution in [3.05, 3.63) is 47.0 Å². The Labute approximate surface area is 130 Å². The molecule has 1 fully saturated rings. The molecule has 0 aliphatic carbocycles. The summed E-state index contributed by atoms with van der Waals surface area (Å²) in [5.74, 6) is -0.243. The summed E-state index contributed by atoms with van der Waals surface area (Å²) in [6.07, 6.45) is 1.70. The van der Waals surface area contributed by atoms with Gasteiger partial charge in [0.15, 0.2) is 0 Å². The zero-order valence-electron chi connectivity index (χ0n) is 13.1. The van der Waals surface area contributed by atoms with E-state index in [1.807, 2.05) is 18.5 Å². The summed E-state index contributed by atoms with van der Waals surface area (Å²) in [4.78, 5) is 2.28. The Morgan fingerprint density at radius 1 is 1.27 bits per heavy atom. The standard InChI is InChI=1S/C17H22FN3O/c1-12-17(11-20-9-3-4-16(22)10-20)13(2)21(19-12)15-7-5-14(18)6-8-15/h5-8,16,22H,3-4,9-11H2,1-2H3. The van der Waals surface area contributed by atoms with Gasteiger partial charge in [-0.15, -0.1) is 0 Å². The lowest BCUT2D eigenvalue weighted by Crippen LogP contribution is -2.37. The Morgan fingerprint density at radius 2 is 2.00 bits per heavy atom. The maximum absolute atomic E-state index is 13.1. The molecule has 22 heavy (non-hydrogen) atoms. The lowest BCUT2D eigenvalue weighted by molar-refractivity contribution is 0.0666. The molecule has 1 aromatic heterocycles. The number of aliphatic hydroxyl groups is 1. The summed E-state index contributed by atoms with van der Waals surface area (Å²) < 4.78 is 14.9. The van der Waals surface area contributed by atoms with Gasteiger partial charge in [0.05, 0.1) is 17.5 Å². The van der Waals surface area contributed by atoms with Gasteiger partial charge in [-0.05, 0) is 57.5 Å². The molecule has 5 heteroatoms. The van der Waals surface area contributed by atoms with Crippen LogP contribution in [0.2, 0.25) is 0 Å². The number of aromatic nitrogens is 2. The number of aliphatic hydroxyl groups excluding tert-OH is 1. The molecule has 4 nitrogen and oxygen atoms in total. The van der Waals surface area contributed by atoms with Gasteiger partial charge >= 0.3 is 0 Å². The van der Waals surface area contributed by atoms with E-state index in [2.05, 4.69) is 10.00 Å². The summed E-state index contributed by atoms with van der Waals surface area (Å²) >= 11 is 0. The molecular weight excluding hydrogens is 281 g/mol. The highest BCUT2D eigenvalue weighted by molar-refractivity contribution is 5.37. The largest absolute Gasteiger partial charge is 0.392 e. The zero-order chi connectivity index (χ0) is 15.7. The summed E-state index contributed by atoms with van der Waals surface area (Å²) in [6, 6.07) is 6.38. The van der Waals surface area contributed by atoms with Gasteiger partial charge in [-0.1, -0.05) is 0 Å². The van der Waals surface area contributed by atoms with E-state index in [4.69, 9.17) is 0 Å². The average molecular weight is 303 g/mol. The predicted octanol–water partition coefficient (Wildman–Crippen LogP) is 2.58. The molecule has 1 aromatic carbocycles. The van der Waals surface area contributed by atoms with Gasteiger partial charge in [0, 0.05) is 24.3 Å². The van der Waals surface area contributed by atoms with Crippen molar-refractivity contribution < 1.29 is 9.50 Å². The molecular formula is C17H22FN3O. The Kier molecular flexibility index (Phi) is 4.27. The molecule has 1 aliphatic rings. The maximum Gasteiger partial charge on any atom is 0.123 e. The molecule has 2 aromatic rings. The topological polar surface area (TPSA) is 41.3 Å². The Hall–Kier alpha value is -1.72. The Morgan fingerprint density at radius 3 is 2.68 bits per heavy atom. The molecule has 3 rings (SSSR count). The average Bonchev–Trinajstić information content (AvgIpc) is 2.76. The van der Waals surface area contributed by atoms with Crippen LogP contribution in [-0.4, -0.2) is 39.0 Å². The van der Waals surface area contributed by atoms with Gasteiger partial charge < -0.3 is 5.11 Å². The van der Waals surface area contributed by atoms with Crippen LogP contribution in [-0.2, 0) is 6.54 Å². The van der Waals surface area contributed by atoms with E-state index in [1.165, 1.54) is 17.7 Å². The highest BCUT2D eigenvalue weighted by atomic mass is 19.1. The van der Waals surface area contributed by atoms with E-state index < -0.39 is 0 Å². The van der Waals surface area contributed by atoms with Crippen LogP contribution in [0.4, 0.5) is 4.39 Å². The third kappa shape index (κ3) is 3.05. The number of nitrogens with zero attached hydrogens (tertiary/aromatic N) is 3. The van der Waals surface area contributed by atoms with Crippen LogP contribution in [0.5, 0.6) is 0 Å². The number of hydrogen-bond donors (Lipinski definition) is 1. The molecule has 1 unspecified atom stereocenters. The minimum Gasteiger partial charge on any atom is -0.392 e. The normalized spacial score (nSPS) is 19.5. The van der Waals surface area contributed by atoms with Crippen LogP contribution < -0.4 is 0 Å². The first-order chi connectivity index (χ1) is 10.5. The van der Waals surface area contributed by atoms with Gasteiger partial charge in [-0.25, -0.2) is 9.07 Å². The van der Waals surface area contributed by atoms with E-state index in [-0.39, 0.29) is 11.9 Å². The van der Waals surface area contributed by atoms with Crippen LogP contribution in [0, 0.1) is 19.7 Å². The molecule has 2 heterocycles. The molecule has 0 amide bonds. The maximum atomic E-state index is 13.1. The lowest BCUT2D eigenvalue weighted by Gasteiger charge is -2.30. The summed E-state index contributed by atoms with van der Waals surface area (Å²) in [7, 11) is 0. The number of hydrogen-bond acceptors (Lipinski definition) is 3. The molecule has 118 valence electrons. The first-order valence-corrected chi connectivity index (χ1v) is 7.76. The highest BCUT2D eigenvalue weighted by Crippen LogP contribution is 2.21. The number of aryl methyl sites for hydroxylation is 1. The van der Waals surface area contributed by atoms with Crippen molar-refractivity contribution in [2.45, 2.75) is 39.3 Å². The van der Waals surface area contributed by atoms with E-state index in [0.717, 1.165) is 49.6 Å². The molecule has 1 saturated heterocycles. The van der Waals surface area contributed by atoms with Crippen molar-refractivity contribution in [2.24, 2.45) is 0 Å². The Bertz CT molecular complexity index is 651. The first-order valence-electron chi connectivity index (χ1n) is 7.76. The zero-order valence-corrected chi connectivity index (χ0v) is 13.1. The monoisotopic (exact) mass is 303 g/mol. The van der Waals surface area contributed by atoms with Crippen LogP contribution in [0.3, 0.4) is 0 Å². The van der Waals surface area contributed by atoms with E-state index in [0.29, 0.717) is 0 Å². The van der Waals surface area contributed by atoms with E-state index in [1.54, 1.807) is 12.1 Å². The van der Waals surface area contributed by atoms with Crippen molar-refractivity contribution in [1.29, 1.82) is 0 Å². The van der Waals surface area contributed by atoms with Crippen LogP contribution in [0.1, 0.15) is 29.8 Å². The number of rotatable bonds is 3.